The van der Waals surface area contributed by atoms with Crippen molar-refractivity contribution in [2.24, 2.45) is 5.92 Å². The van der Waals surface area contributed by atoms with Crippen LogP contribution in [0.25, 0.3) is 0 Å². The van der Waals surface area contributed by atoms with Gasteiger partial charge in [-0.25, -0.2) is 0 Å². The van der Waals surface area contributed by atoms with Crippen LogP contribution in [-0.2, 0) is 11.2 Å². The molecule has 1 aromatic rings. The van der Waals surface area contributed by atoms with Gasteiger partial charge in [0.05, 0.1) is 6.61 Å². The Kier molecular flexibility index (Phi) is 6.46. The molecule has 0 aliphatic rings. The van der Waals surface area contributed by atoms with Crippen LogP contribution in [-0.4, -0.2) is 26.8 Å². The summed E-state index contributed by atoms with van der Waals surface area (Å²) in [5.74, 6) is 0.520. The molecule has 1 N–H and O–H groups in total. The number of hydrogen-bond donors (Lipinski definition) is 1. The lowest BCUT2D eigenvalue weighted by atomic mass is 10.00. The molecule has 0 aromatic heterocycles. The van der Waals surface area contributed by atoms with E-state index in [1.54, 1.807) is 0 Å². The lowest BCUT2D eigenvalue weighted by Gasteiger charge is -2.16. The highest BCUT2D eigenvalue weighted by molar-refractivity contribution is 6.30. The van der Waals surface area contributed by atoms with Gasteiger partial charge in [-0.3, -0.25) is 0 Å². The van der Waals surface area contributed by atoms with Crippen LogP contribution in [0.1, 0.15) is 12.5 Å². The quantitative estimate of drug-likeness (QED) is 0.793. The van der Waals surface area contributed by atoms with Crippen molar-refractivity contribution < 1.29 is 4.74 Å². The highest BCUT2D eigenvalue weighted by Gasteiger charge is 2.08. The molecule has 1 atom stereocenters. The van der Waals surface area contributed by atoms with E-state index in [-0.39, 0.29) is 0 Å². The van der Waals surface area contributed by atoms with E-state index in [1.165, 1.54) is 5.56 Å². The van der Waals surface area contributed by atoms with Crippen molar-refractivity contribution in [2.75, 3.05) is 26.8 Å². The van der Waals surface area contributed by atoms with Gasteiger partial charge < -0.3 is 10.1 Å². The zero-order valence-electron chi connectivity index (χ0n) is 10.0. The van der Waals surface area contributed by atoms with Gasteiger partial charge in [0.25, 0.3) is 0 Å². The fraction of sp³-hybridized carbons (Fsp3) is 0.538. The van der Waals surface area contributed by atoms with E-state index in [9.17, 15) is 0 Å². The normalized spacial score (nSPS) is 12.7. The van der Waals surface area contributed by atoms with E-state index >= 15 is 0 Å². The first-order valence-electron chi connectivity index (χ1n) is 5.73. The number of ether oxygens (including phenoxy) is 1. The molecule has 3 heteroatoms. The average molecular weight is 242 g/mol. The first-order chi connectivity index (χ1) is 7.76. The Labute approximate surface area is 103 Å². The fourth-order valence-electron chi connectivity index (χ4n) is 1.72. The minimum Gasteiger partial charge on any atom is -0.381 e. The summed E-state index contributed by atoms with van der Waals surface area (Å²) in [6.45, 7) is 4.59. The third-order valence-electron chi connectivity index (χ3n) is 2.49. The van der Waals surface area contributed by atoms with E-state index in [1.807, 2.05) is 26.1 Å². The van der Waals surface area contributed by atoms with Crippen LogP contribution in [0, 0.1) is 5.92 Å². The summed E-state index contributed by atoms with van der Waals surface area (Å²) in [6, 6.07) is 8.04. The monoisotopic (exact) mass is 241 g/mol. The third kappa shape index (κ3) is 4.97. The second-order valence-electron chi connectivity index (χ2n) is 3.91. The standard InChI is InChI=1S/C13H20ClNO/c1-3-16-10-12(9-15-2)8-11-4-6-13(14)7-5-11/h4-7,12,15H,3,8-10H2,1-2H3. The number of benzene rings is 1. The van der Waals surface area contributed by atoms with Gasteiger partial charge in [-0.1, -0.05) is 23.7 Å². The summed E-state index contributed by atoms with van der Waals surface area (Å²) in [6.07, 6.45) is 1.03. The molecular weight excluding hydrogens is 222 g/mol. The highest BCUT2D eigenvalue weighted by Crippen LogP contribution is 2.13. The number of rotatable bonds is 7. The van der Waals surface area contributed by atoms with Crippen molar-refractivity contribution in [1.82, 2.24) is 5.32 Å². The molecule has 0 heterocycles. The summed E-state index contributed by atoms with van der Waals surface area (Å²) in [5.41, 5.74) is 1.31. The zero-order valence-corrected chi connectivity index (χ0v) is 10.8. The first-order valence-corrected chi connectivity index (χ1v) is 6.10. The Hall–Kier alpha value is -0.570. The smallest absolute Gasteiger partial charge is 0.0509 e. The molecule has 16 heavy (non-hydrogen) atoms. The van der Waals surface area contributed by atoms with Crippen LogP contribution in [0.5, 0.6) is 0 Å². The molecule has 0 saturated carbocycles. The Morgan fingerprint density at radius 2 is 2.00 bits per heavy atom. The summed E-state index contributed by atoms with van der Waals surface area (Å²) >= 11 is 5.86. The summed E-state index contributed by atoms with van der Waals surface area (Å²) < 4.78 is 5.48. The van der Waals surface area contributed by atoms with Gasteiger partial charge in [0, 0.05) is 18.2 Å². The van der Waals surface area contributed by atoms with Crippen LogP contribution in [0.4, 0.5) is 0 Å². The Balaban J connectivity index is 2.49. The van der Waals surface area contributed by atoms with Gasteiger partial charge in [-0.05, 0) is 44.0 Å². The summed E-state index contributed by atoms with van der Waals surface area (Å²) in [4.78, 5) is 0. The Morgan fingerprint density at radius 3 is 2.56 bits per heavy atom. The maximum absolute atomic E-state index is 5.86. The van der Waals surface area contributed by atoms with E-state index < -0.39 is 0 Å². The molecule has 1 unspecified atom stereocenters. The van der Waals surface area contributed by atoms with Gasteiger partial charge in [-0.15, -0.1) is 0 Å². The molecule has 0 spiro atoms. The maximum atomic E-state index is 5.86. The van der Waals surface area contributed by atoms with E-state index in [4.69, 9.17) is 16.3 Å². The summed E-state index contributed by atoms with van der Waals surface area (Å²) in [5, 5.41) is 3.99. The molecule has 0 aliphatic heterocycles. The molecule has 0 amide bonds. The number of halogens is 1. The Morgan fingerprint density at radius 1 is 1.31 bits per heavy atom. The molecule has 0 radical (unpaired) electrons. The first kappa shape index (κ1) is 13.5. The molecule has 1 rings (SSSR count). The van der Waals surface area contributed by atoms with Gasteiger partial charge in [-0.2, -0.15) is 0 Å². The fourth-order valence-corrected chi connectivity index (χ4v) is 1.84. The minimum absolute atomic E-state index is 0.520. The zero-order chi connectivity index (χ0) is 11.8. The SMILES string of the molecule is CCOCC(CNC)Cc1ccc(Cl)cc1. The Bertz CT molecular complexity index is 286. The molecule has 0 fully saturated rings. The van der Waals surface area contributed by atoms with Gasteiger partial charge in [0.2, 0.25) is 0 Å². The third-order valence-corrected chi connectivity index (χ3v) is 2.74. The van der Waals surface area contributed by atoms with E-state index in [2.05, 4.69) is 17.4 Å². The van der Waals surface area contributed by atoms with Crippen LogP contribution >= 0.6 is 11.6 Å². The maximum Gasteiger partial charge on any atom is 0.0509 e. The lowest BCUT2D eigenvalue weighted by molar-refractivity contribution is 0.110. The van der Waals surface area contributed by atoms with Gasteiger partial charge in [0.15, 0.2) is 0 Å². The second-order valence-corrected chi connectivity index (χ2v) is 4.35. The van der Waals surface area contributed by atoms with Crippen molar-refractivity contribution in [3.05, 3.63) is 34.9 Å². The molecule has 1 aromatic carbocycles. The van der Waals surface area contributed by atoms with E-state index in [0.29, 0.717) is 5.92 Å². The van der Waals surface area contributed by atoms with Crippen molar-refractivity contribution >= 4 is 11.6 Å². The second kappa shape index (κ2) is 7.66. The van der Waals surface area contributed by atoms with Crippen molar-refractivity contribution in [2.45, 2.75) is 13.3 Å². The molecular formula is C13H20ClNO. The number of hydrogen-bond acceptors (Lipinski definition) is 2. The van der Waals surface area contributed by atoms with Crippen LogP contribution < -0.4 is 5.32 Å². The molecule has 0 saturated heterocycles. The predicted octanol–water partition coefficient (Wildman–Crippen LogP) is 2.75. The van der Waals surface area contributed by atoms with E-state index in [0.717, 1.165) is 31.2 Å². The van der Waals surface area contributed by atoms with Gasteiger partial charge >= 0.3 is 0 Å². The van der Waals surface area contributed by atoms with Gasteiger partial charge in [0.1, 0.15) is 0 Å². The van der Waals surface area contributed by atoms with Crippen LogP contribution in [0.15, 0.2) is 24.3 Å². The predicted molar refractivity (Wildman–Crippen MR) is 69.1 cm³/mol. The largest absolute Gasteiger partial charge is 0.381 e. The van der Waals surface area contributed by atoms with Crippen LogP contribution in [0.2, 0.25) is 5.02 Å². The lowest BCUT2D eigenvalue weighted by Crippen LogP contribution is -2.25. The summed E-state index contributed by atoms with van der Waals surface area (Å²) in [7, 11) is 1.97. The molecule has 2 nitrogen and oxygen atoms in total. The molecule has 90 valence electrons. The van der Waals surface area contributed by atoms with Crippen molar-refractivity contribution in [3.63, 3.8) is 0 Å². The van der Waals surface area contributed by atoms with Crippen molar-refractivity contribution in [3.8, 4) is 0 Å². The highest BCUT2D eigenvalue weighted by atomic mass is 35.5. The molecule has 0 aliphatic carbocycles. The van der Waals surface area contributed by atoms with Crippen molar-refractivity contribution in [1.29, 1.82) is 0 Å². The average Bonchev–Trinajstić information content (AvgIpc) is 2.29. The number of nitrogens with one attached hydrogen (secondary N) is 1. The topological polar surface area (TPSA) is 21.3 Å². The minimum atomic E-state index is 0.520. The van der Waals surface area contributed by atoms with Crippen LogP contribution in [0.3, 0.4) is 0 Å². The molecule has 0 bridgehead atoms.